The predicted molar refractivity (Wildman–Crippen MR) is 93.6 cm³/mol. The summed E-state index contributed by atoms with van der Waals surface area (Å²) in [7, 11) is 0. The van der Waals surface area contributed by atoms with Crippen LogP contribution in [0.4, 0.5) is 0 Å². The van der Waals surface area contributed by atoms with E-state index < -0.39 is 0 Å². The molecule has 0 aromatic heterocycles. The molecule has 0 unspecified atom stereocenters. The Morgan fingerprint density at radius 3 is 1.95 bits per heavy atom. The van der Waals surface area contributed by atoms with Crippen LogP contribution in [0.3, 0.4) is 0 Å². The highest BCUT2D eigenvalue weighted by molar-refractivity contribution is 6.29. The number of hydrogen-bond acceptors (Lipinski definition) is 1. The summed E-state index contributed by atoms with van der Waals surface area (Å²) in [6.45, 7) is 0.0642. The van der Waals surface area contributed by atoms with Crippen molar-refractivity contribution in [3.63, 3.8) is 0 Å². The lowest BCUT2D eigenvalue weighted by molar-refractivity contribution is 0.285. The van der Waals surface area contributed by atoms with Gasteiger partial charge in [-0.3, -0.25) is 0 Å². The highest BCUT2D eigenvalue weighted by Gasteiger charge is 2.14. The lowest BCUT2D eigenvalue weighted by Crippen LogP contribution is -1.92. The van der Waals surface area contributed by atoms with E-state index in [4.69, 9.17) is 0 Å². The molecule has 0 heterocycles. The largest absolute Gasteiger partial charge is 0.392 e. The first kappa shape index (κ1) is 12.0. The van der Waals surface area contributed by atoms with Crippen molar-refractivity contribution in [3.05, 3.63) is 72.3 Å². The van der Waals surface area contributed by atoms with Crippen molar-refractivity contribution in [1.82, 2.24) is 0 Å². The molecule has 5 rings (SSSR count). The molecule has 1 N–H and O–H groups in total. The van der Waals surface area contributed by atoms with E-state index in [0.29, 0.717) is 0 Å². The summed E-state index contributed by atoms with van der Waals surface area (Å²) in [4.78, 5) is 0. The Labute approximate surface area is 127 Å². The molecular weight excluding hydrogens is 269 g/mol. The van der Waals surface area contributed by atoms with E-state index in [2.05, 4.69) is 60.7 Å². The third kappa shape index (κ3) is 1.36. The van der Waals surface area contributed by atoms with Crippen LogP contribution in [-0.4, -0.2) is 5.11 Å². The summed E-state index contributed by atoms with van der Waals surface area (Å²) in [5.74, 6) is 0. The zero-order valence-corrected chi connectivity index (χ0v) is 12.0. The summed E-state index contributed by atoms with van der Waals surface area (Å²) >= 11 is 0. The standard InChI is InChI=1S/C21H14O/c22-12-19-16-7-2-1-6-15(16)17-10-8-13-4-3-5-14-9-11-18(19)21(17)20(13)14/h1-11,22H,12H2/i15+1. The summed E-state index contributed by atoms with van der Waals surface area (Å²) in [6.07, 6.45) is 0. The van der Waals surface area contributed by atoms with Crippen LogP contribution in [0.25, 0.3) is 43.1 Å². The molecule has 0 saturated carbocycles. The van der Waals surface area contributed by atoms with Crippen LogP contribution in [0, 0.1) is 0 Å². The van der Waals surface area contributed by atoms with Gasteiger partial charge in [-0.15, -0.1) is 0 Å². The molecule has 0 fully saturated rings. The van der Waals surface area contributed by atoms with Gasteiger partial charge < -0.3 is 5.11 Å². The SMILES string of the molecule is OCc1c2ccc3cccc4ccc(c2c34)[13c]2ccccc12. The Kier molecular flexibility index (Phi) is 2.28. The molecule has 1 heteroatoms. The molecule has 0 saturated heterocycles. The number of rotatable bonds is 1. The first-order valence-corrected chi connectivity index (χ1v) is 7.56. The monoisotopic (exact) mass is 283 g/mol. The zero-order valence-electron chi connectivity index (χ0n) is 12.0. The molecule has 0 spiro atoms. The van der Waals surface area contributed by atoms with E-state index >= 15 is 0 Å². The van der Waals surface area contributed by atoms with Gasteiger partial charge >= 0.3 is 0 Å². The molecule has 0 atom stereocenters. The normalized spacial score (nSPS) is 12.0. The number of hydrogen-bond donors (Lipinski definition) is 1. The van der Waals surface area contributed by atoms with Gasteiger partial charge in [0.05, 0.1) is 6.61 Å². The molecule has 1 nitrogen and oxygen atoms in total. The Hall–Kier alpha value is -2.64. The quantitative estimate of drug-likeness (QED) is 0.330. The van der Waals surface area contributed by atoms with Crippen LogP contribution in [0.2, 0.25) is 0 Å². The Bertz CT molecular complexity index is 1140. The fourth-order valence-electron chi connectivity index (χ4n) is 3.86. The first-order chi connectivity index (χ1) is 10.9. The van der Waals surface area contributed by atoms with Gasteiger partial charge in [-0.05, 0) is 48.7 Å². The number of fused-ring (bicyclic) bond motifs is 2. The molecule has 0 aliphatic heterocycles. The lowest BCUT2D eigenvalue weighted by atomic mass is 9.92. The molecule has 5 aromatic rings. The maximum atomic E-state index is 9.97. The molecule has 22 heavy (non-hydrogen) atoms. The summed E-state index contributed by atoms with van der Waals surface area (Å²) in [5.41, 5.74) is 1.03. The molecule has 0 amide bonds. The Morgan fingerprint density at radius 2 is 1.23 bits per heavy atom. The second kappa shape index (κ2) is 4.19. The van der Waals surface area contributed by atoms with Crippen LogP contribution in [0.1, 0.15) is 5.56 Å². The zero-order chi connectivity index (χ0) is 14.7. The van der Waals surface area contributed by atoms with E-state index in [1.54, 1.807) is 0 Å². The predicted octanol–water partition coefficient (Wildman–Crippen LogP) is 5.23. The molecule has 0 aliphatic carbocycles. The second-order valence-corrected chi connectivity index (χ2v) is 5.86. The minimum absolute atomic E-state index is 0.0642. The molecule has 0 bridgehead atoms. The Morgan fingerprint density at radius 1 is 0.545 bits per heavy atom. The van der Waals surface area contributed by atoms with Crippen LogP contribution in [0.15, 0.2) is 66.7 Å². The summed E-state index contributed by atoms with van der Waals surface area (Å²) < 4.78 is 0. The lowest BCUT2D eigenvalue weighted by Gasteiger charge is -2.16. The van der Waals surface area contributed by atoms with Crippen molar-refractivity contribution >= 4 is 43.1 Å². The average Bonchev–Trinajstić information content (AvgIpc) is 2.59. The van der Waals surface area contributed by atoms with Gasteiger partial charge in [-0.25, -0.2) is 0 Å². The molecule has 0 radical (unpaired) electrons. The summed E-state index contributed by atoms with van der Waals surface area (Å²) in [6, 6.07) is 23.5. The van der Waals surface area contributed by atoms with Gasteiger partial charge in [-0.2, -0.15) is 0 Å². The fraction of sp³-hybridized carbons (Fsp3) is 0.0476. The third-order valence-electron chi connectivity index (χ3n) is 4.80. The maximum Gasteiger partial charge on any atom is 0.0693 e. The van der Waals surface area contributed by atoms with E-state index in [1.807, 2.05) is 6.07 Å². The van der Waals surface area contributed by atoms with Crippen LogP contribution >= 0.6 is 0 Å². The second-order valence-electron chi connectivity index (χ2n) is 5.86. The van der Waals surface area contributed by atoms with Crippen molar-refractivity contribution in [1.29, 1.82) is 0 Å². The van der Waals surface area contributed by atoms with E-state index in [-0.39, 0.29) is 6.61 Å². The smallest absolute Gasteiger partial charge is 0.0693 e. The van der Waals surface area contributed by atoms with Crippen molar-refractivity contribution < 1.29 is 5.11 Å². The van der Waals surface area contributed by atoms with E-state index in [0.717, 1.165) is 10.9 Å². The van der Waals surface area contributed by atoms with E-state index in [9.17, 15) is 5.11 Å². The molecule has 5 aromatic carbocycles. The van der Waals surface area contributed by atoms with Gasteiger partial charge in [-0.1, -0.05) is 66.7 Å². The highest BCUT2D eigenvalue weighted by Crippen LogP contribution is 2.40. The van der Waals surface area contributed by atoms with Crippen LogP contribution in [0.5, 0.6) is 0 Å². The van der Waals surface area contributed by atoms with Gasteiger partial charge in [0.15, 0.2) is 0 Å². The van der Waals surface area contributed by atoms with Gasteiger partial charge in [0, 0.05) is 0 Å². The molecular formula is C21H14O. The fourth-order valence-corrected chi connectivity index (χ4v) is 3.86. The third-order valence-corrected chi connectivity index (χ3v) is 4.80. The topological polar surface area (TPSA) is 20.2 Å². The van der Waals surface area contributed by atoms with Crippen LogP contribution < -0.4 is 0 Å². The van der Waals surface area contributed by atoms with Crippen molar-refractivity contribution in [2.75, 3.05) is 0 Å². The van der Waals surface area contributed by atoms with Crippen LogP contribution in [-0.2, 0) is 6.61 Å². The molecule has 0 aliphatic rings. The van der Waals surface area contributed by atoms with Gasteiger partial charge in [0.2, 0.25) is 0 Å². The minimum Gasteiger partial charge on any atom is -0.392 e. The molecule has 104 valence electrons. The number of benzene rings is 5. The Balaban J connectivity index is 2.23. The minimum atomic E-state index is 0.0642. The number of aliphatic hydroxyl groups excluding tert-OH is 1. The van der Waals surface area contributed by atoms with Gasteiger partial charge in [0.1, 0.15) is 0 Å². The van der Waals surface area contributed by atoms with E-state index in [1.165, 1.54) is 37.7 Å². The van der Waals surface area contributed by atoms with Crippen molar-refractivity contribution in [2.45, 2.75) is 6.61 Å². The van der Waals surface area contributed by atoms with Crippen molar-refractivity contribution in [2.24, 2.45) is 0 Å². The number of aliphatic hydroxyl groups is 1. The average molecular weight is 283 g/mol. The van der Waals surface area contributed by atoms with Crippen molar-refractivity contribution in [3.8, 4) is 0 Å². The first-order valence-electron chi connectivity index (χ1n) is 7.56. The van der Waals surface area contributed by atoms with Gasteiger partial charge in [0.25, 0.3) is 0 Å². The highest BCUT2D eigenvalue weighted by atomic mass is 16.3. The maximum absolute atomic E-state index is 9.97. The summed E-state index contributed by atoms with van der Waals surface area (Å²) in [5, 5.41) is 19.9.